The van der Waals surface area contributed by atoms with Crippen LogP contribution in [0.5, 0.6) is 0 Å². The number of carbonyl (C=O) groups excluding carboxylic acids is 2. The largest absolute Gasteiger partial charge is 0.352 e. The number of anilines is 1. The molecular formula is C19H17ClN4O2S. The van der Waals surface area contributed by atoms with E-state index in [-0.39, 0.29) is 11.8 Å². The maximum Gasteiger partial charge on any atom is 0.251 e. The maximum atomic E-state index is 12.0. The molecule has 2 aromatic heterocycles. The lowest BCUT2D eigenvalue weighted by Gasteiger charge is -2.05. The van der Waals surface area contributed by atoms with E-state index < -0.39 is 0 Å². The number of aromatic nitrogens is 2. The van der Waals surface area contributed by atoms with Gasteiger partial charge in [-0.05, 0) is 42.8 Å². The first-order chi connectivity index (χ1) is 13.1. The van der Waals surface area contributed by atoms with Gasteiger partial charge in [0.15, 0.2) is 5.13 Å². The molecule has 1 aromatic carbocycles. The van der Waals surface area contributed by atoms with E-state index in [2.05, 4.69) is 20.6 Å². The zero-order valence-electron chi connectivity index (χ0n) is 14.3. The van der Waals surface area contributed by atoms with Crippen molar-refractivity contribution in [1.82, 2.24) is 15.3 Å². The van der Waals surface area contributed by atoms with Crippen LogP contribution in [-0.2, 0) is 4.79 Å². The first kappa shape index (κ1) is 19.0. The van der Waals surface area contributed by atoms with Gasteiger partial charge in [0.2, 0.25) is 5.91 Å². The van der Waals surface area contributed by atoms with Gasteiger partial charge in [-0.1, -0.05) is 17.7 Å². The van der Waals surface area contributed by atoms with Crippen LogP contribution in [-0.4, -0.2) is 28.3 Å². The van der Waals surface area contributed by atoms with Crippen LogP contribution in [0, 0.1) is 0 Å². The second-order valence-corrected chi connectivity index (χ2v) is 6.96. The van der Waals surface area contributed by atoms with Crippen molar-refractivity contribution in [2.45, 2.75) is 12.8 Å². The second-order valence-electron chi connectivity index (χ2n) is 5.67. The Labute approximate surface area is 165 Å². The molecule has 0 saturated heterocycles. The molecule has 3 rings (SSSR count). The summed E-state index contributed by atoms with van der Waals surface area (Å²) >= 11 is 7.15. The summed E-state index contributed by atoms with van der Waals surface area (Å²) in [5.41, 5.74) is 2.03. The third kappa shape index (κ3) is 5.60. The minimum Gasteiger partial charge on any atom is -0.352 e. The molecule has 0 aliphatic rings. The number of nitrogens with one attached hydrogen (secondary N) is 2. The molecule has 2 heterocycles. The van der Waals surface area contributed by atoms with Gasteiger partial charge in [-0.3, -0.25) is 14.6 Å². The SMILES string of the molecule is O=C(CCCNC(=O)c1ccc(Cl)cc1)Nc1nc(-c2ccccn2)cs1. The van der Waals surface area contributed by atoms with Crippen molar-refractivity contribution in [3.8, 4) is 11.4 Å². The van der Waals surface area contributed by atoms with Gasteiger partial charge in [-0.15, -0.1) is 11.3 Å². The van der Waals surface area contributed by atoms with E-state index in [1.165, 1.54) is 11.3 Å². The van der Waals surface area contributed by atoms with Crippen LogP contribution >= 0.6 is 22.9 Å². The predicted molar refractivity (Wildman–Crippen MR) is 107 cm³/mol. The van der Waals surface area contributed by atoms with E-state index in [4.69, 9.17) is 11.6 Å². The molecule has 0 unspecified atom stereocenters. The number of rotatable bonds is 7. The summed E-state index contributed by atoms with van der Waals surface area (Å²) < 4.78 is 0. The molecule has 0 saturated carbocycles. The topological polar surface area (TPSA) is 84.0 Å². The number of halogens is 1. The summed E-state index contributed by atoms with van der Waals surface area (Å²) in [4.78, 5) is 32.6. The summed E-state index contributed by atoms with van der Waals surface area (Å²) in [6.45, 7) is 0.409. The van der Waals surface area contributed by atoms with Crippen LogP contribution in [0.4, 0.5) is 5.13 Å². The van der Waals surface area contributed by atoms with E-state index in [0.717, 1.165) is 11.4 Å². The number of benzene rings is 1. The average Bonchev–Trinajstić information content (AvgIpc) is 3.15. The highest BCUT2D eigenvalue weighted by atomic mass is 35.5. The van der Waals surface area contributed by atoms with Crippen molar-refractivity contribution in [2.24, 2.45) is 0 Å². The fourth-order valence-electron chi connectivity index (χ4n) is 2.30. The zero-order chi connectivity index (χ0) is 19.1. The van der Waals surface area contributed by atoms with Gasteiger partial charge >= 0.3 is 0 Å². The molecule has 2 N–H and O–H groups in total. The Bertz CT molecular complexity index is 913. The van der Waals surface area contributed by atoms with E-state index in [0.29, 0.717) is 35.1 Å². The smallest absolute Gasteiger partial charge is 0.251 e. The number of pyridine rings is 1. The van der Waals surface area contributed by atoms with Crippen molar-refractivity contribution in [2.75, 3.05) is 11.9 Å². The highest BCUT2D eigenvalue weighted by Gasteiger charge is 2.09. The van der Waals surface area contributed by atoms with Crippen molar-refractivity contribution < 1.29 is 9.59 Å². The lowest BCUT2D eigenvalue weighted by Crippen LogP contribution is -2.25. The Morgan fingerprint density at radius 2 is 1.89 bits per heavy atom. The van der Waals surface area contributed by atoms with Gasteiger partial charge in [0, 0.05) is 35.1 Å². The van der Waals surface area contributed by atoms with Gasteiger partial charge < -0.3 is 10.6 Å². The molecule has 6 nitrogen and oxygen atoms in total. The van der Waals surface area contributed by atoms with Gasteiger partial charge in [0.25, 0.3) is 5.91 Å². The van der Waals surface area contributed by atoms with Gasteiger partial charge in [0.1, 0.15) is 5.69 Å². The predicted octanol–water partition coefficient (Wildman–Crippen LogP) is 4.01. The van der Waals surface area contributed by atoms with Crippen LogP contribution in [0.1, 0.15) is 23.2 Å². The van der Waals surface area contributed by atoms with Gasteiger partial charge in [0.05, 0.1) is 5.69 Å². The Morgan fingerprint density at radius 1 is 1.07 bits per heavy atom. The maximum absolute atomic E-state index is 12.0. The van der Waals surface area contributed by atoms with Crippen LogP contribution in [0.25, 0.3) is 11.4 Å². The summed E-state index contributed by atoms with van der Waals surface area (Å²) in [7, 11) is 0. The number of thiazole rings is 1. The van der Waals surface area contributed by atoms with Crippen LogP contribution in [0.3, 0.4) is 0 Å². The second kappa shape index (κ2) is 9.25. The molecule has 8 heteroatoms. The van der Waals surface area contributed by atoms with Crippen LogP contribution < -0.4 is 10.6 Å². The minimum absolute atomic E-state index is 0.141. The van der Waals surface area contributed by atoms with Gasteiger partial charge in [-0.2, -0.15) is 0 Å². The molecule has 0 aliphatic heterocycles. The third-order valence-electron chi connectivity index (χ3n) is 3.65. The normalized spacial score (nSPS) is 10.4. The van der Waals surface area contributed by atoms with E-state index in [9.17, 15) is 9.59 Å². The first-order valence-corrected chi connectivity index (χ1v) is 9.58. The number of carbonyl (C=O) groups is 2. The number of amides is 2. The summed E-state index contributed by atoms with van der Waals surface area (Å²) in [6.07, 6.45) is 2.52. The zero-order valence-corrected chi connectivity index (χ0v) is 15.9. The molecule has 0 fully saturated rings. The van der Waals surface area contributed by atoms with Gasteiger partial charge in [-0.25, -0.2) is 4.98 Å². The lowest BCUT2D eigenvalue weighted by atomic mass is 10.2. The monoisotopic (exact) mass is 400 g/mol. The first-order valence-electron chi connectivity index (χ1n) is 8.32. The Kier molecular flexibility index (Phi) is 6.51. The molecule has 2 amide bonds. The van der Waals surface area contributed by atoms with E-state index in [1.54, 1.807) is 30.5 Å². The van der Waals surface area contributed by atoms with E-state index in [1.807, 2.05) is 23.6 Å². The molecule has 138 valence electrons. The number of hydrogen-bond donors (Lipinski definition) is 2. The Morgan fingerprint density at radius 3 is 2.63 bits per heavy atom. The fourth-order valence-corrected chi connectivity index (χ4v) is 3.15. The summed E-state index contributed by atoms with van der Waals surface area (Å²) in [6, 6.07) is 12.2. The molecular weight excluding hydrogens is 384 g/mol. The number of hydrogen-bond acceptors (Lipinski definition) is 5. The number of nitrogens with zero attached hydrogens (tertiary/aromatic N) is 2. The molecule has 0 radical (unpaired) electrons. The third-order valence-corrected chi connectivity index (χ3v) is 4.66. The molecule has 3 aromatic rings. The average molecular weight is 401 g/mol. The van der Waals surface area contributed by atoms with E-state index >= 15 is 0 Å². The fraction of sp³-hybridized carbons (Fsp3) is 0.158. The highest BCUT2D eigenvalue weighted by Crippen LogP contribution is 2.23. The molecule has 0 bridgehead atoms. The standard InChI is InChI=1S/C19H17ClN4O2S/c20-14-8-6-13(7-9-14)18(26)22-11-3-5-17(25)24-19-23-16(12-27-19)15-4-1-2-10-21-15/h1-2,4,6-10,12H,3,5,11H2,(H,22,26)(H,23,24,25). The van der Waals surface area contributed by atoms with Crippen molar-refractivity contribution in [3.05, 3.63) is 64.6 Å². The molecule has 27 heavy (non-hydrogen) atoms. The molecule has 0 spiro atoms. The molecule has 0 atom stereocenters. The molecule has 0 aliphatic carbocycles. The lowest BCUT2D eigenvalue weighted by molar-refractivity contribution is -0.116. The van der Waals surface area contributed by atoms with Crippen LogP contribution in [0.2, 0.25) is 5.02 Å². The van der Waals surface area contributed by atoms with Crippen molar-refractivity contribution in [3.63, 3.8) is 0 Å². The quantitative estimate of drug-likeness (QED) is 0.587. The summed E-state index contributed by atoms with van der Waals surface area (Å²) in [5, 5.41) is 8.52. The Balaban J connectivity index is 1.40. The van der Waals surface area contributed by atoms with Crippen molar-refractivity contribution in [1.29, 1.82) is 0 Å². The highest BCUT2D eigenvalue weighted by molar-refractivity contribution is 7.14. The van der Waals surface area contributed by atoms with Crippen molar-refractivity contribution >= 4 is 39.9 Å². The summed E-state index contributed by atoms with van der Waals surface area (Å²) in [5.74, 6) is -0.329. The van der Waals surface area contributed by atoms with Crippen LogP contribution in [0.15, 0.2) is 54.0 Å². The minimum atomic E-state index is -0.188. The Hall–Kier alpha value is -2.77.